The predicted molar refractivity (Wildman–Crippen MR) is 73.2 cm³/mol. The summed E-state index contributed by atoms with van der Waals surface area (Å²) in [5, 5.41) is 10.7. The Morgan fingerprint density at radius 3 is 2.29 bits per heavy atom. The highest BCUT2D eigenvalue weighted by Gasteiger charge is 2.42. The lowest BCUT2D eigenvalue weighted by Crippen LogP contribution is -2.36. The molecule has 1 aromatic carbocycles. The Bertz CT molecular complexity index is 482. The van der Waals surface area contributed by atoms with Gasteiger partial charge in [-0.25, -0.2) is 8.42 Å². The molecule has 0 amide bonds. The van der Waals surface area contributed by atoms with E-state index >= 15 is 0 Å². The molecule has 0 saturated carbocycles. The highest BCUT2D eigenvalue weighted by Crippen LogP contribution is 2.38. The minimum Gasteiger partial charge on any atom is -0.386 e. The molecule has 0 radical (unpaired) electrons. The largest absolute Gasteiger partial charge is 0.386 e. The van der Waals surface area contributed by atoms with Crippen LogP contribution in [0.5, 0.6) is 0 Å². The third-order valence-electron chi connectivity index (χ3n) is 2.66. The molecule has 96 valence electrons. The van der Waals surface area contributed by atoms with Gasteiger partial charge in [-0.3, -0.25) is 0 Å². The summed E-state index contributed by atoms with van der Waals surface area (Å²) in [7, 11) is -3.42. The van der Waals surface area contributed by atoms with Gasteiger partial charge in [-0.2, -0.15) is 0 Å². The Balaban J connectivity index is 3.12. The van der Waals surface area contributed by atoms with E-state index < -0.39 is 19.6 Å². The van der Waals surface area contributed by atoms with Gasteiger partial charge in [0.15, 0.2) is 13.5 Å². The highest BCUT2D eigenvalue weighted by molar-refractivity contribution is 9.11. The number of sulfone groups is 1. The maximum atomic E-state index is 11.9. The molecule has 0 bridgehead atoms. The molecule has 1 N–H and O–H groups in total. The van der Waals surface area contributed by atoms with Crippen LogP contribution in [0.1, 0.15) is 25.5 Å². The topological polar surface area (TPSA) is 54.4 Å². The number of halogens is 2. The average molecular weight is 342 g/mol. The summed E-state index contributed by atoms with van der Waals surface area (Å²) in [6.07, 6.45) is -1.15. The van der Waals surface area contributed by atoms with Gasteiger partial charge in [0, 0.05) is 10.8 Å². The fourth-order valence-corrected chi connectivity index (χ4v) is 3.51. The van der Waals surface area contributed by atoms with E-state index in [1.165, 1.54) is 6.92 Å². The predicted octanol–water partition coefficient (Wildman–Crippen LogP) is 2.92. The molecule has 0 unspecified atom stereocenters. The van der Waals surface area contributed by atoms with Crippen molar-refractivity contribution in [3.63, 3.8) is 0 Å². The van der Waals surface area contributed by atoms with E-state index in [1.807, 2.05) is 0 Å². The monoisotopic (exact) mass is 340 g/mol. The van der Waals surface area contributed by atoms with Crippen LogP contribution < -0.4 is 0 Å². The van der Waals surface area contributed by atoms with Gasteiger partial charge < -0.3 is 5.11 Å². The first kappa shape index (κ1) is 15.0. The summed E-state index contributed by atoms with van der Waals surface area (Å²) < 4.78 is 22.3. The Labute approximate surface area is 115 Å². The average Bonchev–Trinajstić information content (AvgIpc) is 2.28. The molecule has 1 aromatic rings. The second-order valence-electron chi connectivity index (χ2n) is 3.84. The zero-order chi connectivity index (χ0) is 13.3. The smallest absolute Gasteiger partial charge is 0.168 e. The van der Waals surface area contributed by atoms with Gasteiger partial charge in [0.1, 0.15) is 6.10 Å². The molecule has 0 fully saturated rings. The van der Waals surface area contributed by atoms with Crippen molar-refractivity contribution >= 4 is 37.4 Å². The van der Waals surface area contributed by atoms with E-state index in [4.69, 9.17) is 11.6 Å². The van der Waals surface area contributed by atoms with Crippen molar-refractivity contribution in [1.82, 2.24) is 0 Å². The minimum absolute atomic E-state index is 0.0423. The summed E-state index contributed by atoms with van der Waals surface area (Å²) in [6.45, 7) is 2.99. The molecular formula is C11H14BrClO3S. The molecule has 3 nitrogen and oxygen atoms in total. The lowest BCUT2D eigenvalue weighted by atomic mass is 10.1. The van der Waals surface area contributed by atoms with Gasteiger partial charge in [0.05, 0.1) is 0 Å². The molecule has 0 spiro atoms. The number of alkyl halides is 1. The molecule has 0 heterocycles. The van der Waals surface area contributed by atoms with Gasteiger partial charge in [0.25, 0.3) is 0 Å². The first-order valence-electron chi connectivity index (χ1n) is 5.07. The van der Waals surface area contributed by atoms with Crippen molar-refractivity contribution in [2.24, 2.45) is 0 Å². The van der Waals surface area contributed by atoms with Gasteiger partial charge in [-0.15, -0.1) is 0 Å². The summed E-state index contributed by atoms with van der Waals surface area (Å²) >= 11 is 8.85. The first-order valence-corrected chi connectivity index (χ1v) is 7.89. The molecular weight excluding hydrogens is 328 g/mol. The Kier molecular flexibility index (Phi) is 4.63. The molecule has 2 atom stereocenters. The van der Waals surface area contributed by atoms with Crippen LogP contribution in [0.15, 0.2) is 24.3 Å². The molecule has 0 aromatic heterocycles. The van der Waals surface area contributed by atoms with Crippen LogP contribution in [0.2, 0.25) is 5.02 Å². The van der Waals surface area contributed by atoms with Gasteiger partial charge in [-0.05, 0) is 24.6 Å². The van der Waals surface area contributed by atoms with E-state index in [9.17, 15) is 13.5 Å². The summed E-state index contributed by atoms with van der Waals surface area (Å²) in [5.41, 5.74) is 0.505. The van der Waals surface area contributed by atoms with Crippen LogP contribution in [-0.2, 0) is 9.84 Å². The fraction of sp³-hybridized carbons (Fsp3) is 0.455. The number of aliphatic hydroxyl groups is 1. The fourth-order valence-electron chi connectivity index (χ4n) is 1.40. The summed E-state index contributed by atoms with van der Waals surface area (Å²) in [6, 6.07) is 6.44. The minimum atomic E-state index is -3.42. The van der Waals surface area contributed by atoms with Crippen LogP contribution in [0.4, 0.5) is 0 Å². The maximum absolute atomic E-state index is 11.9. The van der Waals surface area contributed by atoms with Crippen molar-refractivity contribution < 1.29 is 13.5 Å². The second-order valence-corrected chi connectivity index (χ2v) is 9.11. The van der Waals surface area contributed by atoms with Crippen LogP contribution in [0.25, 0.3) is 0 Å². The van der Waals surface area contributed by atoms with Crippen LogP contribution in [0.3, 0.4) is 0 Å². The molecule has 6 heteroatoms. The van der Waals surface area contributed by atoms with E-state index in [1.54, 1.807) is 31.2 Å². The third-order valence-corrected chi connectivity index (χ3v) is 7.03. The number of hydrogen-bond acceptors (Lipinski definition) is 3. The lowest BCUT2D eigenvalue weighted by molar-refractivity contribution is 0.167. The Morgan fingerprint density at radius 1 is 1.41 bits per heavy atom. The van der Waals surface area contributed by atoms with Crippen molar-refractivity contribution in [3.05, 3.63) is 34.9 Å². The number of rotatable bonds is 4. The number of aliphatic hydroxyl groups excluding tert-OH is 1. The van der Waals surface area contributed by atoms with E-state index in [0.717, 1.165) is 0 Å². The quantitative estimate of drug-likeness (QED) is 0.857. The number of benzene rings is 1. The molecule has 1 rings (SSSR count). The zero-order valence-corrected chi connectivity index (χ0v) is 12.7. The second kappa shape index (κ2) is 5.26. The van der Waals surface area contributed by atoms with Crippen LogP contribution in [0, 0.1) is 0 Å². The van der Waals surface area contributed by atoms with Gasteiger partial charge in [-0.1, -0.05) is 46.6 Å². The van der Waals surface area contributed by atoms with E-state index in [-0.39, 0.29) is 5.75 Å². The van der Waals surface area contributed by atoms with Crippen molar-refractivity contribution in [2.45, 2.75) is 23.6 Å². The maximum Gasteiger partial charge on any atom is 0.168 e. The van der Waals surface area contributed by atoms with Gasteiger partial charge in [0.2, 0.25) is 0 Å². The standard InChI is InChI=1S/C11H14BrClO3S/c1-3-17(15,16)11(2,12)10(14)8-4-6-9(13)7-5-8/h4-7,10,14H,3H2,1-2H3/t10-,11+/m0/s1. The van der Waals surface area contributed by atoms with Crippen molar-refractivity contribution in [2.75, 3.05) is 5.75 Å². The lowest BCUT2D eigenvalue weighted by Gasteiger charge is -2.28. The van der Waals surface area contributed by atoms with Crippen LogP contribution in [-0.4, -0.2) is 22.9 Å². The van der Waals surface area contributed by atoms with Gasteiger partial charge >= 0.3 is 0 Å². The van der Waals surface area contributed by atoms with E-state index in [2.05, 4.69) is 15.9 Å². The van der Waals surface area contributed by atoms with Crippen molar-refractivity contribution in [1.29, 1.82) is 0 Å². The molecule has 0 aliphatic heterocycles. The van der Waals surface area contributed by atoms with Crippen LogP contribution >= 0.6 is 27.5 Å². The molecule has 0 saturated heterocycles. The molecule has 0 aliphatic carbocycles. The third kappa shape index (κ3) is 3.02. The zero-order valence-electron chi connectivity index (χ0n) is 9.52. The highest BCUT2D eigenvalue weighted by atomic mass is 79.9. The SMILES string of the molecule is CCS(=O)(=O)[C@@](C)(Br)[C@@H](O)c1ccc(Cl)cc1. The normalized spacial score (nSPS) is 17.5. The Hall–Kier alpha value is -0.100. The molecule has 17 heavy (non-hydrogen) atoms. The number of hydrogen-bond donors (Lipinski definition) is 1. The summed E-state index contributed by atoms with van der Waals surface area (Å²) in [5.74, 6) is -0.0423. The summed E-state index contributed by atoms with van der Waals surface area (Å²) in [4.78, 5) is 0. The van der Waals surface area contributed by atoms with E-state index in [0.29, 0.717) is 10.6 Å². The Morgan fingerprint density at radius 2 is 1.88 bits per heavy atom. The first-order chi connectivity index (χ1) is 7.72. The van der Waals surface area contributed by atoms with Crippen molar-refractivity contribution in [3.8, 4) is 0 Å². The molecule has 0 aliphatic rings.